The van der Waals surface area contributed by atoms with Gasteiger partial charge in [0.1, 0.15) is 0 Å². The van der Waals surface area contributed by atoms with Crippen molar-refractivity contribution in [1.82, 2.24) is 9.88 Å². The molecular formula is C11H15N3O2S. The van der Waals surface area contributed by atoms with Crippen LogP contribution in [0.15, 0.2) is 11.6 Å². The van der Waals surface area contributed by atoms with Gasteiger partial charge in [-0.15, -0.1) is 11.3 Å². The number of hydrogen-bond donors (Lipinski definition) is 1. The number of rotatable bonds is 5. The third-order valence-electron chi connectivity index (χ3n) is 2.63. The van der Waals surface area contributed by atoms with Crippen LogP contribution >= 0.6 is 11.3 Å². The summed E-state index contributed by atoms with van der Waals surface area (Å²) in [5, 5.41) is 5.04. The maximum atomic E-state index is 11.8. The zero-order chi connectivity index (χ0) is 12.3. The van der Waals surface area contributed by atoms with Crippen LogP contribution in [0.25, 0.3) is 0 Å². The molecule has 1 saturated carbocycles. The minimum atomic E-state index is -0.184. The number of nitrogens with one attached hydrogen (secondary N) is 1. The van der Waals surface area contributed by atoms with E-state index in [-0.39, 0.29) is 24.3 Å². The van der Waals surface area contributed by atoms with E-state index in [1.165, 1.54) is 11.3 Å². The van der Waals surface area contributed by atoms with E-state index < -0.39 is 0 Å². The average Bonchev–Trinajstić information content (AvgIpc) is 3.05. The molecule has 1 aliphatic rings. The van der Waals surface area contributed by atoms with Crippen LogP contribution in [0.2, 0.25) is 0 Å². The lowest BCUT2D eigenvalue weighted by Crippen LogP contribution is -2.38. The first kappa shape index (κ1) is 12.0. The second kappa shape index (κ2) is 5.27. The van der Waals surface area contributed by atoms with Gasteiger partial charge in [0.2, 0.25) is 11.8 Å². The maximum Gasteiger partial charge on any atom is 0.245 e. The summed E-state index contributed by atoms with van der Waals surface area (Å²) >= 11 is 1.37. The lowest BCUT2D eigenvalue weighted by molar-refractivity contribution is -0.135. The van der Waals surface area contributed by atoms with Gasteiger partial charge in [-0.25, -0.2) is 4.98 Å². The third-order valence-corrected chi connectivity index (χ3v) is 3.32. The topological polar surface area (TPSA) is 62.3 Å². The minimum absolute atomic E-state index is 0.0989. The molecule has 1 N–H and O–H groups in total. The Bertz CT molecular complexity index is 401. The molecule has 2 amide bonds. The van der Waals surface area contributed by atoms with Crippen molar-refractivity contribution in [3.63, 3.8) is 0 Å². The van der Waals surface area contributed by atoms with Crippen LogP contribution < -0.4 is 5.32 Å². The van der Waals surface area contributed by atoms with Crippen molar-refractivity contribution >= 4 is 28.3 Å². The molecule has 1 fully saturated rings. The van der Waals surface area contributed by atoms with Gasteiger partial charge in [0, 0.05) is 24.0 Å². The molecule has 0 aromatic carbocycles. The average molecular weight is 253 g/mol. The van der Waals surface area contributed by atoms with Gasteiger partial charge in [-0.1, -0.05) is 0 Å². The molecular weight excluding hydrogens is 238 g/mol. The molecule has 92 valence electrons. The summed E-state index contributed by atoms with van der Waals surface area (Å²) < 4.78 is 0. The van der Waals surface area contributed by atoms with Crippen LogP contribution in [-0.4, -0.2) is 34.8 Å². The highest BCUT2D eigenvalue weighted by Crippen LogP contribution is 2.30. The molecule has 0 atom stereocenters. The normalized spacial score (nSPS) is 14.4. The molecule has 0 bridgehead atoms. The second-order valence-electron chi connectivity index (χ2n) is 4.01. The molecule has 0 saturated heterocycles. The van der Waals surface area contributed by atoms with E-state index in [4.69, 9.17) is 0 Å². The number of hydrogen-bond acceptors (Lipinski definition) is 4. The molecule has 2 rings (SSSR count). The van der Waals surface area contributed by atoms with Crippen molar-refractivity contribution < 1.29 is 9.59 Å². The first-order chi connectivity index (χ1) is 8.20. The molecule has 0 aliphatic heterocycles. The number of anilines is 1. The quantitative estimate of drug-likeness (QED) is 0.861. The third kappa shape index (κ3) is 3.26. The van der Waals surface area contributed by atoms with Crippen molar-refractivity contribution in [3.8, 4) is 0 Å². The van der Waals surface area contributed by atoms with E-state index in [2.05, 4.69) is 10.3 Å². The Labute approximate surface area is 104 Å². The van der Waals surface area contributed by atoms with Crippen LogP contribution in [0.4, 0.5) is 5.13 Å². The summed E-state index contributed by atoms with van der Waals surface area (Å²) in [6.45, 7) is 2.57. The largest absolute Gasteiger partial charge is 0.333 e. The summed E-state index contributed by atoms with van der Waals surface area (Å²) in [5.41, 5.74) is 0. The molecule has 1 aromatic rings. The molecule has 1 aliphatic carbocycles. The fourth-order valence-electron chi connectivity index (χ4n) is 1.55. The molecule has 17 heavy (non-hydrogen) atoms. The molecule has 0 spiro atoms. The van der Waals surface area contributed by atoms with Gasteiger partial charge in [-0.2, -0.15) is 0 Å². The van der Waals surface area contributed by atoms with Crippen LogP contribution in [0, 0.1) is 5.92 Å². The minimum Gasteiger partial charge on any atom is -0.333 e. The Morgan fingerprint density at radius 1 is 1.59 bits per heavy atom. The lowest BCUT2D eigenvalue weighted by Gasteiger charge is -2.19. The van der Waals surface area contributed by atoms with Crippen LogP contribution in [0.3, 0.4) is 0 Å². The second-order valence-corrected chi connectivity index (χ2v) is 4.91. The molecule has 5 nitrogen and oxygen atoms in total. The van der Waals surface area contributed by atoms with E-state index in [0.29, 0.717) is 11.7 Å². The highest BCUT2D eigenvalue weighted by atomic mass is 32.1. The smallest absolute Gasteiger partial charge is 0.245 e. The zero-order valence-electron chi connectivity index (χ0n) is 9.68. The zero-order valence-corrected chi connectivity index (χ0v) is 10.5. The van der Waals surface area contributed by atoms with Crippen molar-refractivity contribution in [2.24, 2.45) is 5.92 Å². The lowest BCUT2D eigenvalue weighted by atomic mass is 10.3. The number of aromatic nitrogens is 1. The summed E-state index contributed by atoms with van der Waals surface area (Å²) in [7, 11) is 0. The number of carbonyl (C=O) groups is 2. The Morgan fingerprint density at radius 3 is 2.88 bits per heavy atom. The van der Waals surface area contributed by atoms with E-state index in [0.717, 1.165) is 12.8 Å². The van der Waals surface area contributed by atoms with Crippen LogP contribution in [0.5, 0.6) is 0 Å². The fourth-order valence-corrected chi connectivity index (χ4v) is 2.10. The fraction of sp³-hybridized carbons (Fsp3) is 0.545. The van der Waals surface area contributed by atoms with Gasteiger partial charge >= 0.3 is 0 Å². The van der Waals surface area contributed by atoms with Gasteiger partial charge in [-0.3, -0.25) is 9.59 Å². The number of nitrogens with zero attached hydrogens (tertiary/aromatic N) is 2. The molecule has 1 heterocycles. The Balaban J connectivity index is 1.85. The van der Waals surface area contributed by atoms with Crippen molar-refractivity contribution in [1.29, 1.82) is 0 Å². The summed E-state index contributed by atoms with van der Waals surface area (Å²) in [4.78, 5) is 29.1. The first-order valence-corrected chi connectivity index (χ1v) is 6.56. The highest BCUT2D eigenvalue weighted by Gasteiger charge is 2.33. The number of amides is 2. The monoisotopic (exact) mass is 253 g/mol. The molecule has 6 heteroatoms. The summed E-state index contributed by atoms with van der Waals surface area (Å²) in [6, 6.07) is 0. The highest BCUT2D eigenvalue weighted by molar-refractivity contribution is 7.13. The molecule has 0 radical (unpaired) electrons. The van der Waals surface area contributed by atoms with E-state index in [9.17, 15) is 9.59 Å². The standard InChI is InChI=1S/C11H15N3O2S/c1-2-14(10(16)8-3-4-8)7-9(15)13-11-12-5-6-17-11/h5-6,8H,2-4,7H2,1H3,(H,12,13,15). The Morgan fingerprint density at radius 2 is 2.35 bits per heavy atom. The molecule has 1 aromatic heterocycles. The Kier molecular flexibility index (Phi) is 3.73. The van der Waals surface area contributed by atoms with Gasteiger partial charge in [0.05, 0.1) is 6.54 Å². The predicted octanol–water partition coefficient (Wildman–Crippen LogP) is 1.34. The van der Waals surface area contributed by atoms with Crippen molar-refractivity contribution in [2.75, 3.05) is 18.4 Å². The number of likely N-dealkylation sites (N-methyl/N-ethyl adjacent to an activating group) is 1. The van der Waals surface area contributed by atoms with Crippen molar-refractivity contribution in [3.05, 3.63) is 11.6 Å². The van der Waals surface area contributed by atoms with Crippen LogP contribution in [-0.2, 0) is 9.59 Å². The maximum absolute atomic E-state index is 11.8. The van der Waals surface area contributed by atoms with E-state index >= 15 is 0 Å². The van der Waals surface area contributed by atoms with Crippen LogP contribution in [0.1, 0.15) is 19.8 Å². The van der Waals surface area contributed by atoms with Crippen molar-refractivity contribution in [2.45, 2.75) is 19.8 Å². The van der Waals surface area contributed by atoms with E-state index in [1.807, 2.05) is 6.92 Å². The van der Waals surface area contributed by atoms with Gasteiger partial charge in [-0.05, 0) is 19.8 Å². The SMILES string of the molecule is CCN(CC(=O)Nc1nccs1)C(=O)C1CC1. The summed E-state index contributed by atoms with van der Waals surface area (Å²) in [6.07, 6.45) is 3.56. The number of thiazole rings is 1. The van der Waals surface area contributed by atoms with E-state index in [1.54, 1.807) is 16.5 Å². The Hall–Kier alpha value is -1.43. The predicted molar refractivity (Wildman–Crippen MR) is 65.7 cm³/mol. The van der Waals surface area contributed by atoms with Gasteiger partial charge in [0.25, 0.3) is 0 Å². The van der Waals surface area contributed by atoms with Gasteiger partial charge in [0.15, 0.2) is 5.13 Å². The summed E-state index contributed by atoms with van der Waals surface area (Å²) in [5.74, 6) is 0.0696. The first-order valence-electron chi connectivity index (χ1n) is 5.69. The molecule has 0 unspecified atom stereocenters. The van der Waals surface area contributed by atoms with Gasteiger partial charge < -0.3 is 10.2 Å². The number of carbonyl (C=O) groups excluding carboxylic acids is 2.